The van der Waals surface area contributed by atoms with Crippen molar-refractivity contribution in [1.82, 2.24) is 4.90 Å². The van der Waals surface area contributed by atoms with Gasteiger partial charge in [-0.1, -0.05) is 12.1 Å². The second-order valence-corrected chi connectivity index (χ2v) is 6.19. The number of amides is 1. The van der Waals surface area contributed by atoms with E-state index in [-0.39, 0.29) is 76.8 Å². The molecule has 1 aromatic carbocycles. The quantitative estimate of drug-likeness (QED) is 0.660. The molecular formula is C14H18BF3KNO3. The first kappa shape index (κ1) is 20.8. The predicted molar refractivity (Wildman–Crippen MR) is 77.3 cm³/mol. The van der Waals surface area contributed by atoms with E-state index >= 15 is 0 Å². The van der Waals surface area contributed by atoms with Gasteiger partial charge in [0, 0.05) is 5.56 Å². The minimum Gasteiger partial charge on any atom is -0.492 e. The van der Waals surface area contributed by atoms with Crippen molar-refractivity contribution in [2.24, 2.45) is 0 Å². The zero-order valence-corrected chi connectivity index (χ0v) is 16.9. The Labute approximate surface area is 176 Å². The molecule has 1 aliphatic rings. The molecule has 0 atom stereocenters. The van der Waals surface area contributed by atoms with Crippen molar-refractivity contribution >= 4 is 18.5 Å². The van der Waals surface area contributed by atoms with Gasteiger partial charge in [-0.05, 0) is 26.8 Å². The Morgan fingerprint density at radius 2 is 1.96 bits per heavy atom. The van der Waals surface area contributed by atoms with Gasteiger partial charge in [-0.2, -0.15) is 0 Å². The van der Waals surface area contributed by atoms with Crippen LogP contribution in [0.1, 0.15) is 26.3 Å². The number of hydrogen-bond acceptors (Lipinski definition) is 3. The summed E-state index contributed by atoms with van der Waals surface area (Å²) in [6.07, 6.45) is -0.506. The van der Waals surface area contributed by atoms with Crippen LogP contribution in [0, 0.1) is 0 Å². The van der Waals surface area contributed by atoms with Crippen LogP contribution >= 0.6 is 0 Å². The maximum absolute atomic E-state index is 12.8. The van der Waals surface area contributed by atoms with Crippen LogP contribution in [0.3, 0.4) is 0 Å². The molecule has 0 saturated heterocycles. The fourth-order valence-electron chi connectivity index (χ4n) is 2.07. The van der Waals surface area contributed by atoms with E-state index in [0.717, 1.165) is 12.1 Å². The zero-order chi connectivity index (χ0) is 16.5. The Morgan fingerprint density at radius 3 is 2.52 bits per heavy atom. The molecule has 0 unspecified atom stereocenters. The molecule has 4 nitrogen and oxygen atoms in total. The molecule has 0 saturated carbocycles. The molecule has 122 valence electrons. The minimum absolute atomic E-state index is 0. The molecule has 0 spiro atoms. The summed E-state index contributed by atoms with van der Waals surface area (Å²) in [5, 5.41) is 0. The molecule has 0 aromatic heterocycles. The summed E-state index contributed by atoms with van der Waals surface area (Å²) >= 11 is 0. The molecule has 0 fully saturated rings. The number of nitrogens with zero attached hydrogens (tertiary/aromatic N) is 1. The van der Waals surface area contributed by atoms with Gasteiger partial charge in [0.2, 0.25) is 0 Å². The fraction of sp³-hybridized carbons (Fsp3) is 0.500. The number of ether oxygens (including phenoxy) is 2. The predicted octanol–water partition coefficient (Wildman–Crippen LogP) is -0.125. The Morgan fingerprint density at radius 1 is 1.30 bits per heavy atom. The number of carbonyl (C=O) groups excluding carboxylic acids is 1. The monoisotopic (exact) mass is 355 g/mol. The van der Waals surface area contributed by atoms with Crippen molar-refractivity contribution in [2.45, 2.75) is 32.9 Å². The number of benzene rings is 1. The first-order valence-corrected chi connectivity index (χ1v) is 7.00. The third kappa shape index (κ3) is 5.97. The standard InChI is InChI=1S/C14H18BF3NO3.K/c1-14(2,3)22-13(20)19-6-7-21-12-8-11(15(16,17)18)5-4-10(12)9-19;/h4-5,8H,6-7,9H2,1-3H3;/q-1;+1. The molecule has 0 aliphatic carbocycles. The second-order valence-electron chi connectivity index (χ2n) is 6.19. The van der Waals surface area contributed by atoms with Crippen molar-refractivity contribution < 1.29 is 78.6 Å². The van der Waals surface area contributed by atoms with E-state index in [1.165, 1.54) is 11.0 Å². The van der Waals surface area contributed by atoms with E-state index in [2.05, 4.69) is 0 Å². The summed E-state index contributed by atoms with van der Waals surface area (Å²) in [6, 6.07) is 3.36. The van der Waals surface area contributed by atoms with E-state index in [9.17, 15) is 17.7 Å². The molecule has 23 heavy (non-hydrogen) atoms. The van der Waals surface area contributed by atoms with Crippen molar-refractivity contribution in [3.63, 3.8) is 0 Å². The SMILES string of the molecule is CC(C)(C)OC(=O)N1CCOc2cc([B-](F)(F)F)ccc2C1.[K+]. The Bertz CT molecular complexity index is 575. The summed E-state index contributed by atoms with van der Waals surface area (Å²) in [6.45, 7) is 0.741. The Balaban J connectivity index is 0.00000264. The smallest absolute Gasteiger partial charge is 0.492 e. The van der Waals surface area contributed by atoms with Crippen molar-refractivity contribution in [2.75, 3.05) is 13.2 Å². The van der Waals surface area contributed by atoms with Crippen LogP contribution in [-0.2, 0) is 11.3 Å². The van der Waals surface area contributed by atoms with E-state index in [1.807, 2.05) is 0 Å². The van der Waals surface area contributed by atoms with Gasteiger partial charge in [-0.25, -0.2) is 4.79 Å². The van der Waals surface area contributed by atoms with Crippen LogP contribution in [0.5, 0.6) is 5.75 Å². The first-order chi connectivity index (χ1) is 10.1. The maximum Gasteiger partial charge on any atom is 1.00 e. The van der Waals surface area contributed by atoms with Crippen LogP contribution in [-0.4, -0.2) is 36.7 Å². The summed E-state index contributed by atoms with van der Waals surface area (Å²) in [4.78, 5) is 13.5. The second kappa shape index (κ2) is 7.78. The average Bonchev–Trinajstić information content (AvgIpc) is 2.56. The number of rotatable bonds is 1. The number of halogens is 3. The number of hydrogen-bond donors (Lipinski definition) is 0. The van der Waals surface area contributed by atoms with Crippen molar-refractivity contribution in [1.29, 1.82) is 0 Å². The number of fused-ring (bicyclic) bond motifs is 1. The van der Waals surface area contributed by atoms with Gasteiger partial charge in [-0.3, -0.25) is 0 Å². The van der Waals surface area contributed by atoms with Gasteiger partial charge >= 0.3 is 64.5 Å². The largest absolute Gasteiger partial charge is 1.00 e. The van der Waals surface area contributed by atoms with Crippen molar-refractivity contribution in [3.8, 4) is 5.75 Å². The molecule has 1 heterocycles. The average molecular weight is 355 g/mol. The minimum atomic E-state index is -5.07. The Hall–Kier alpha value is -0.219. The van der Waals surface area contributed by atoms with Crippen LogP contribution < -0.4 is 61.6 Å². The van der Waals surface area contributed by atoms with Crippen LogP contribution in [0.25, 0.3) is 0 Å². The molecule has 9 heteroatoms. The molecule has 1 aromatic rings. The van der Waals surface area contributed by atoms with E-state index in [4.69, 9.17) is 9.47 Å². The molecule has 1 aliphatic heterocycles. The van der Waals surface area contributed by atoms with Gasteiger partial charge in [-0.15, -0.1) is 5.46 Å². The Kier molecular flexibility index (Phi) is 7.04. The van der Waals surface area contributed by atoms with Gasteiger partial charge in [0.1, 0.15) is 18.0 Å². The van der Waals surface area contributed by atoms with Gasteiger partial charge < -0.3 is 27.3 Å². The third-order valence-electron chi connectivity index (χ3n) is 3.10. The zero-order valence-electron chi connectivity index (χ0n) is 13.7. The van der Waals surface area contributed by atoms with Crippen LogP contribution in [0.15, 0.2) is 18.2 Å². The topological polar surface area (TPSA) is 38.8 Å². The van der Waals surface area contributed by atoms with Gasteiger partial charge in [0.25, 0.3) is 0 Å². The van der Waals surface area contributed by atoms with Crippen molar-refractivity contribution in [3.05, 3.63) is 23.8 Å². The van der Waals surface area contributed by atoms with Gasteiger partial charge in [0.15, 0.2) is 0 Å². The molecular weight excluding hydrogens is 337 g/mol. The first-order valence-electron chi connectivity index (χ1n) is 7.00. The van der Waals surface area contributed by atoms with E-state index in [1.54, 1.807) is 20.8 Å². The third-order valence-corrected chi connectivity index (χ3v) is 3.10. The molecule has 0 bridgehead atoms. The fourth-order valence-corrected chi connectivity index (χ4v) is 2.07. The summed E-state index contributed by atoms with van der Waals surface area (Å²) in [5.41, 5.74) is -0.799. The molecule has 2 rings (SSSR count). The van der Waals surface area contributed by atoms with Gasteiger partial charge in [0.05, 0.1) is 13.1 Å². The summed E-state index contributed by atoms with van der Waals surface area (Å²) < 4.78 is 49.0. The van der Waals surface area contributed by atoms with E-state index in [0.29, 0.717) is 5.56 Å². The maximum atomic E-state index is 12.8. The molecule has 0 radical (unpaired) electrons. The van der Waals surface area contributed by atoms with E-state index < -0.39 is 24.1 Å². The summed E-state index contributed by atoms with van der Waals surface area (Å²) in [7, 11) is 0. The molecule has 1 amide bonds. The van der Waals surface area contributed by atoms with Crippen LogP contribution in [0.4, 0.5) is 17.7 Å². The summed E-state index contributed by atoms with van der Waals surface area (Å²) in [5.74, 6) is 0.169. The normalized spacial score (nSPS) is 15.0. The number of carbonyl (C=O) groups is 1. The van der Waals surface area contributed by atoms with Crippen LogP contribution in [0.2, 0.25) is 0 Å². The molecule has 0 N–H and O–H groups in total.